The van der Waals surface area contributed by atoms with E-state index in [-0.39, 0.29) is 11.9 Å². The lowest BCUT2D eigenvalue weighted by Crippen LogP contribution is -2.08. The van der Waals surface area contributed by atoms with Gasteiger partial charge >= 0.3 is 0 Å². The number of anilines is 1. The lowest BCUT2D eigenvalue weighted by molar-refractivity contribution is 0.599. The number of hydrogen-bond donors (Lipinski definition) is 1. The summed E-state index contributed by atoms with van der Waals surface area (Å²) in [5.41, 5.74) is 1.30. The van der Waals surface area contributed by atoms with Crippen molar-refractivity contribution in [3.05, 3.63) is 62.3 Å². The van der Waals surface area contributed by atoms with E-state index in [4.69, 9.17) is 23.2 Å². The Labute approximate surface area is 129 Å². The van der Waals surface area contributed by atoms with E-state index in [1.54, 1.807) is 30.3 Å². The lowest BCUT2D eigenvalue weighted by atomic mass is 10.1. The Morgan fingerprint density at radius 2 is 1.89 bits per heavy atom. The van der Waals surface area contributed by atoms with Crippen molar-refractivity contribution >= 4 is 44.8 Å². The topological polar surface area (TPSA) is 12.0 Å². The van der Waals surface area contributed by atoms with Crippen LogP contribution in [0.3, 0.4) is 0 Å². The SMILES string of the molecule is CC(Nc1ccc(Cl)cc1Cl)c1ccc(Br)cc1F. The maximum atomic E-state index is 13.8. The Balaban J connectivity index is 2.23. The van der Waals surface area contributed by atoms with Gasteiger partial charge in [-0.25, -0.2) is 4.39 Å². The standard InChI is InChI=1S/C14H11BrCl2FN/c1-8(11-4-2-9(15)6-13(11)18)19-14-5-3-10(16)7-12(14)17/h2-8,19H,1H3. The molecule has 1 atom stereocenters. The fourth-order valence-corrected chi connectivity index (χ4v) is 2.57. The van der Waals surface area contributed by atoms with Gasteiger partial charge in [-0.2, -0.15) is 0 Å². The van der Waals surface area contributed by atoms with Crippen molar-refractivity contribution in [2.24, 2.45) is 0 Å². The first-order valence-electron chi connectivity index (χ1n) is 5.64. The number of hydrogen-bond acceptors (Lipinski definition) is 1. The minimum atomic E-state index is -0.264. The Morgan fingerprint density at radius 1 is 1.16 bits per heavy atom. The quantitative estimate of drug-likeness (QED) is 0.698. The van der Waals surface area contributed by atoms with Crippen LogP contribution in [0.15, 0.2) is 40.9 Å². The first kappa shape index (κ1) is 14.6. The van der Waals surface area contributed by atoms with Crippen LogP contribution in [0.1, 0.15) is 18.5 Å². The summed E-state index contributed by atoms with van der Waals surface area (Å²) in [6, 6.07) is 9.94. The zero-order valence-corrected chi connectivity index (χ0v) is 13.2. The fraction of sp³-hybridized carbons (Fsp3) is 0.143. The predicted octanol–water partition coefficient (Wildman–Crippen LogP) is 6.07. The van der Waals surface area contributed by atoms with Gasteiger partial charge in [-0.1, -0.05) is 45.2 Å². The van der Waals surface area contributed by atoms with Crippen molar-refractivity contribution in [2.75, 3.05) is 5.32 Å². The van der Waals surface area contributed by atoms with Crippen molar-refractivity contribution in [3.63, 3.8) is 0 Å². The number of nitrogens with one attached hydrogen (secondary N) is 1. The summed E-state index contributed by atoms with van der Waals surface area (Å²) in [5, 5.41) is 4.25. The molecule has 1 unspecified atom stereocenters. The molecule has 0 heterocycles. The molecule has 1 N–H and O–H groups in total. The molecule has 2 rings (SSSR count). The largest absolute Gasteiger partial charge is 0.377 e. The van der Waals surface area contributed by atoms with Crippen molar-refractivity contribution in [2.45, 2.75) is 13.0 Å². The summed E-state index contributed by atoms with van der Waals surface area (Å²) >= 11 is 15.1. The smallest absolute Gasteiger partial charge is 0.129 e. The lowest BCUT2D eigenvalue weighted by Gasteiger charge is -2.17. The third-order valence-corrected chi connectivity index (χ3v) is 3.77. The van der Waals surface area contributed by atoms with Crippen molar-refractivity contribution in [1.29, 1.82) is 0 Å². The molecule has 100 valence electrons. The minimum absolute atomic E-state index is 0.202. The summed E-state index contributed by atoms with van der Waals surface area (Å²) in [7, 11) is 0. The average Bonchev–Trinajstić information content (AvgIpc) is 2.32. The van der Waals surface area contributed by atoms with Crippen LogP contribution >= 0.6 is 39.1 Å². The molecule has 0 aromatic heterocycles. The van der Waals surface area contributed by atoms with Gasteiger partial charge in [0.1, 0.15) is 5.82 Å². The highest BCUT2D eigenvalue weighted by Gasteiger charge is 2.12. The number of benzene rings is 2. The molecule has 0 saturated carbocycles. The molecular weight excluding hydrogens is 352 g/mol. The van der Waals surface area contributed by atoms with E-state index < -0.39 is 0 Å². The van der Waals surface area contributed by atoms with E-state index in [2.05, 4.69) is 21.2 Å². The predicted molar refractivity (Wildman–Crippen MR) is 82.6 cm³/mol. The van der Waals surface area contributed by atoms with E-state index in [1.807, 2.05) is 6.92 Å². The van der Waals surface area contributed by atoms with Crippen LogP contribution in [0.4, 0.5) is 10.1 Å². The molecule has 5 heteroatoms. The average molecular weight is 363 g/mol. The summed E-state index contributed by atoms with van der Waals surface area (Å²) < 4.78 is 14.6. The van der Waals surface area contributed by atoms with Gasteiger partial charge in [0, 0.05) is 15.1 Å². The first-order chi connectivity index (χ1) is 8.97. The second-order valence-electron chi connectivity index (χ2n) is 4.16. The summed E-state index contributed by atoms with van der Waals surface area (Å²) in [6.07, 6.45) is 0. The van der Waals surface area contributed by atoms with Gasteiger partial charge in [0.05, 0.1) is 16.8 Å². The third kappa shape index (κ3) is 3.62. The van der Waals surface area contributed by atoms with Crippen molar-refractivity contribution < 1.29 is 4.39 Å². The van der Waals surface area contributed by atoms with Crippen LogP contribution in [0.2, 0.25) is 10.0 Å². The normalized spacial score (nSPS) is 12.3. The molecule has 2 aromatic carbocycles. The maximum absolute atomic E-state index is 13.8. The van der Waals surface area contributed by atoms with E-state index >= 15 is 0 Å². The highest BCUT2D eigenvalue weighted by atomic mass is 79.9. The molecule has 0 radical (unpaired) electrons. The summed E-state index contributed by atoms with van der Waals surface area (Å²) in [5.74, 6) is -0.264. The molecule has 0 fully saturated rings. The molecule has 19 heavy (non-hydrogen) atoms. The summed E-state index contributed by atoms with van der Waals surface area (Å²) in [6.45, 7) is 1.87. The fourth-order valence-electron chi connectivity index (χ4n) is 1.77. The molecule has 0 aliphatic rings. The molecule has 0 amide bonds. The molecule has 0 saturated heterocycles. The zero-order chi connectivity index (χ0) is 14.0. The highest BCUT2D eigenvalue weighted by Crippen LogP contribution is 2.30. The minimum Gasteiger partial charge on any atom is -0.377 e. The Kier molecular flexibility index (Phi) is 4.71. The van der Waals surface area contributed by atoms with Gasteiger partial charge < -0.3 is 5.32 Å². The molecule has 2 aromatic rings. The van der Waals surface area contributed by atoms with Gasteiger partial charge in [-0.05, 0) is 37.3 Å². The van der Waals surface area contributed by atoms with Gasteiger partial charge in [-0.3, -0.25) is 0 Å². The van der Waals surface area contributed by atoms with E-state index in [1.165, 1.54) is 6.07 Å². The second-order valence-corrected chi connectivity index (χ2v) is 5.92. The Bertz CT molecular complexity index is 604. The number of rotatable bonds is 3. The first-order valence-corrected chi connectivity index (χ1v) is 7.19. The van der Waals surface area contributed by atoms with Gasteiger partial charge in [-0.15, -0.1) is 0 Å². The van der Waals surface area contributed by atoms with Gasteiger partial charge in [0.25, 0.3) is 0 Å². The zero-order valence-electron chi connectivity index (χ0n) is 10.1. The van der Waals surface area contributed by atoms with Crippen LogP contribution in [-0.4, -0.2) is 0 Å². The van der Waals surface area contributed by atoms with Crippen molar-refractivity contribution in [3.8, 4) is 0 Å². The second kappa shape index (κ2) is 6.12. The van der Waals surface area contributed by atoms with E-state index in [9.17, 15) is 4.39 Å². The summed E-state index contributed by atoms with van der Waals surface area (Å²) in [4.78, 5) is 0. The molecule has 0 spiro atoms. The van der Waals surface area contributed by atoms with E-state index in [0.29, 0.717) is 20.1 Å². The molecule has 1 nitrogen and oxygen atoms in total. The van der Waals surface area contributed by atoms with Crippen LogP contribution in [0, 0.1) is 5.82 Å². The van der Waals surface area contributed by atoms with Crippen LogP contribution in [0.25, 0.3) is 0 Å². The highest BCUT2D eigenvalue weighted by molar-refractivity contribution is 9.10. The van der Waals surface area contributed by atoms with Crippen LogP contribution in [-0.2, 0) is 0 Å². The maximum Gasteiger partial charge on any atom is 0.129 e. The van der Waals surface area contributed by atoms with Gasteiger partial charge in [0.15, 0.2) is 0 Å². The molecule has 0 aliphatic heterocycles. The van der Waals surface area contributed by atoms with E-state index in [0.717, 1.165) is 5.69 Å². The Morgan fingerprint density at radius 3 is 2.53 bits per heavy atom. The molecule has 0 bridgehead atoms. The Hall–Kier alpha value is -0.770. The third-order valence-electron chi connectivity index (χ3n) is 2.73. The van der Waals surface area contributed by atoms with Gasteiger partial charge in [0.2, 0.25) is 0 Å². The monoisotopic (exact) mass is 361 g/mol. The van der Waals surface area contributed by atoms with Crippen LogP contribution in [0.5, 0.6) is 0 Å². The number of halogens is 4. The van der Waals surface area contributed by atoms with Crippen molar-refractivity contribution in [1.82, 2.24) is 0 Å². The molecule has 0 aliphatic carbocycles. The molecular formula is C14H11BrCl2FN. The van der Waals surface area contributed by atoms with Crippen LogP contribution < -0.4 is 5.32 Å².